The van der Waals surface area contributed by atoms with E-state index in [1.807, 2.05) is 30.3 Å². The highest BCUT2D eigenvalue weighted by molar-refractivity contribution is 6.21. The van der Waals surface area contributed by atoms with Crippen LogP contribution in [0.5, 0.6) is 0 Å². The number of imide groups is 2. The van der Waals surface area contributed by atoms with Crippen LogP contribution in [0.2, 0.25) is 0 Å². The first-order valence-corrected chi connectivity index (χ1v) is 6.15. The van der Waals surface area contributed by atoms with Crippen LogP contribution in [0.15, 0.2) is 30.3 Å². The number of nitrogens with zero attached hydrogens (tertiary/aromatic N) is 2. The lowest BCUT2D eigenvalue weighted by molar-refractivity contribution is -0.150. The van der Waals surface area contributed by atoms with Crippen LogP contribution in [-0.2, 0) is 9.59 Å². The van der Waals surface area contributed by atoms with Gasteiger partial charge in [-0.05, 0) is 12.0 Å². The third-order valence-electron chi connectivity index (χ3n) is 4.11. The molecule has 5 heteroatoms. The van der Waals surface area contributed by atoms with Crippen molar-refractivity contribution >= 4 is 17.8 Å². The number of amides is 4. The molecule has 1 saturated carbocycles. The topological polar surface area (TPSA) is 57.7 Å². The Morgan fingerprint density at radius 2 is 1.53 bits per heavy atom. The summed E-state index contributed by atoms with van der Waals surface area (Å²) >= 11 is 0. The molecular weight excluding hydrogens is 244 g/mol. The molecule has 2 aliphatic rings. The van der Waals surface area contributed by atoms with Gasteiger partial charge in [-0.2, -0.15) is 0 Å². The molecule has 1 aromatic rings. The molecule has 4 amide bonds. The van der Waals surface area contributed by atoms with E-state index in [1.165, 1.54) is 14.1 Å². The standard InChI is InChI=1S/C14H14N2O3/c1-15-11(17)14(12(18)16(2)13(15)19)8-10(14)9-6-4-3-5-7-9/h3-7,10H,8H2,1-2H3. The lowest BCUT2D eigenvalue weighted by Crippen LogP contribution is -2.58. The monoisotopic (exact) mass is 258 g/mol. The number of benzene rings is 1. The molecule has 0 aromatic heterocycles. The summed E-state index contributed by atoms with van der Waals surface area (Å²) in [6.07, 6.45) is 0.483. The van der Waals surface area contributed by atoms with E-state index in [-0.39, 0.29) is 17.7 Å². The summed E-state index contributed by atoms with van der Waals surface area (Å²) in [5, 5.41) is 0. The van der Waals surface area contributed by atoms with Crippen molar-refractivity contribution in [3.8, 4) is 0 Å². The van der Waals surface area contributed by atoms with E-state index in [4.69, 9.17) is 0 Å². The van der Waals surface area contributed by atoms with Crippen molar-refractivity contribution in [2.24, 2.45) is 5.41 Å². The molecule has 1 heterocycles. The van der Waals surface area contributed by atoms with Gasteiger partial charge < -0.3 is 0 Å². The number of barbiturate groups is 1. The van der Waals surface area contributed by atoms with Gasteiger partial charge in [0.2, 0.25) is 11.8 Å². The normalized spacial score (nSPS) is 25.2. The van der Waals surface area contributed by atoms with Crippen LogP contribution in [0.3, 0.4) is 0 Å². The van der Waals surface area contributed by atoms with Crippen molar-refractivity contribution in [3.05, 3.63) is 35.9 Å². The Morgan fingerprint density at radius 3 is 2.05 bits per heavy atom. The molecule has 5 nitrogen and oxygen atoms in total. The summed E-state index contributed by atoms with van der Waals surface area (Å²) in [6, 6.07) is 8.94. The first kappa shape index (κ1) is 11.9. The molecule has 1 unspecified atom stereocenters. The van der Waals surface area contributed by atoms with Gasteiger partial charge in [0.25, 0.3) is 0 Å². The fourth-order valence-electron chi connectivity index (χ4n) is 2.91. The Balaban J connectivity index is 2.00. The Bertz CT molecular complexity index is 558. The van der Waals surface area contributed by atoms with E-state index in [2.05, 4.69) is 0 Å². The number of hydrogen-bond donors (Lipinski definition) is 0. The molecule has 1 spiro atoms. The molecule has 1 saturated heterocycles. The van der Waals surface area contributed by atoms with E-state index in [0.717, 1.165) is 15.4 Å². The van der Waals surface area contributed by atoms with E-state index >= 15 is 0 Å². The molecule has 0 bridgehead atoms. The number of carbonyl (C=O) groups is 3. The second kappa shape index (κ2) is 3.66. The van der Waals surface area contributed by atoms with Crippen molar-refractivity contribution in [2.45, 2.75) is 12.3 Å². The Morgan fingerprint density at radius 1 is 1.00 bits per heavy atom. The van der Waals surface area contributed by atoms with Gasteiger partial charge in [-0.3, -0.25) is 19.4 Å². The van der Waals surface area contributed by atoms with Crippen molar-refractivity contribution < 1.29 is 14.4 Å². The van der Waals surface area contributed by atoms with Gasteiger partial charge in [-0.15, -0.1) is 0 Å². The third kappa shape index (κ3) is 1.38. The molecule has 19 heavy (non-hydrogen) atoms. The Kier molecular flexibility index (Phi) is 2.29. The maximum Gasteiger partial charge on any atom is 0.332 e. The lowest BCUT2D eigenvalue weighted by atomic mass is 9.94. The molecule has 3 rings (SSSR count). The minimum atomic E-state index is -1.06. The smallest absolute Gasteiger partial charge is 0.273 e. The molecular formula is C14H14N2O3. The summed E-state index contributed by atoms with van der Waals surface area (Å²) in [5.74, 6) is -0.879. The maximum absolute atomic E-state index is 12.3. The zero-order valence-electron chi connectivity index (χ0n) is 10.8. The fraction of sp³-hybridized carbons (Fsp3) is 0.357. The number of rotatable bonds is 1. The first-order chi connectivity index (χ1) is 9.00. The van der Waals surface area contributed by atoms with Crippen molar-refractivity contribution in [2.75, 3.05) is 14.1 Å². The molecule has 0 N–H and O–H groups in total. The Hall–Kier alpha value is -2.17. The van der Waals surface area contributed by atoms with E-state index in [0.29, 0.717) is 6.42 Å². The summed E-state index contributed by atoms with van der Waals surface area (Å²) in [4.78, 5) is 38.4. The maximum atomic E-state index is 12.3. The minimum absolute atomic E-state index is 0.119. The lowest BCUT2D eigenvalue weighted by Gasteiger charge is -2.33. The second-order valence-corrected chi connectivity index (χ2v) is 5.15. The average Bonchev–Trinajstić information content (AvgIpc) is 3.19. The van der Waals surface area contributed by atoms with Gasteiger partial charge in [0, 0.05) is 20.0 Å². The molecule has 1 aliphatic heterocycles. The largest absolute Gasteiger partial charge is 0.332 e. The van der Waals surface area contributed by atoms with Gasteiger partial charge >= 0.3 is 6.03 Å². The van der Waals surface area contributed by atoms with Crippen LogP contribution in [-0.4, -0.2) is 41.7 Å². The summed E-state index contributed by atoms with van der Waals surface area (Å²) in [6.45, 7) is 0. The zero-order valence-corrected chi connectivity index (χ0v) is 10.8. The van der Waals surface area contributed by atoms with E-state index < -0.39 is 11.4 Å². The highest BCUT2D eigenvalue weighted by atomic mass is 16.2. The van der Waals surface area contributed by atoms with Gasteiger partial charge in [0.05, 0.1) is 0 Å². The number of carbonyl (C=O) groups excluding carboxylic acids is 3. The third-order valence-corrected chi connectivity index (χ3v) is 4.11. The van der Waals surface area contributed by atoms with Crippen molar-refractivity contribution in [3.63, 3.8) is 0 Å². The minimum Gasteiger partial charge on any atom is -0.273 e. The van der Waals surface area contributed by atoms with Crippen molar-refractivity contribution in [1.29, 1.82) is 0 Å². The zero-order chi connectivity index (χ0) is 13.8. The van der Waals surface area contributed by atoms with Crippen LogP contribution in [0.4, 0.5) is 4.79 Å². The molecule has 2 fully saturated rings. The molecule has 0 radical (unpaired) electrons. The van der Waals surface area contributed by atoms with Gasteiger partial charge in [0.15, 0.2) is 0 Å². The van der Waals surface area contributed by atoms with Crippen LogP contribution >= 0.6 is 0 Å². The van der Waals surface area contributed by atoms with E-state index in [9.17, 15) is 14.4 Å². The van der Waals surface area contributed by atoms with Crippen LogP contribution in [0, 0.1) is 5.41 Å². The molecule has 1 atom stereocenters. The van der Waals surface area contributed by atoms with Gasteiger partial charge in [-0.25, -0.2) is 4.79 Å². The average molecular weight is 258 g/mol. The van der Waals surface area contributed by atoms with Crippen LogP contribution in [0.25, 0.3) is 0 Å². The van der Waals surface area contributed by atoms with E-state index in [1.54, 1.807) is 0 Å². The first-order valence-electron chi connectivity index (χ1n) is 6.15. The quantitative estimate of drug-likeness (QED) is 0.711. The summed E-state index contributed by atoms with van der Waals surface area (Å²) in [5.41, 5.74) is -0.0842. The number of urea groups is 1. The van der Waals surface area contributed by atoms with Crippen LogP contribution in [0.1, 0.15) is 17.9 Å². The molecule has 1 aliphatic carbocycles. The fourth-order valence-corrected chi connectivity index (χ4v) is 2.91. The highest BCUT2D eigenvalue weighted by Crippen LogP contribution is 2.62. The molecule has 98 valence electrons. The predicted octanol–water partition coefficient (Wildman–Crippen LogP) is 1.21. The van der Waals surface area contributed by atoms with Crippen molar-refractivity contribution in [1.82, 2.24) is 9.80 Å². The Labute approximate surface area is 110 Å². The highest BCUT2D eigenvalue weighted by Gasteiger charge is 2.70. The second-order valence-electron chi connectivity index (χ2n) is 5.15. The van der Waals surface area contributed by atoms with Gasteiger partial charge in [-0.1, -0.05) is 30.3 Å². The predicted molar refractivity (Wildman–Crippen MR) is 67.2 cm³/mol. The SMILES string of the molecule is CN1C(=O)N(C)C(=O)C2(CC2c2ccccc2)C1=O. The van der Waals surface area contributed by atoms with Gasteiger partial charge in [0.1, 0.15) is 5.41 Å². The molecule has 1 aromatic carbocycles. The summed E-state index contributed by atoms with van der Waals surface area (Å²) < 4.78 is 0. The van der Waals surface area contributed by atoms with Crippen LogP contribution < -0.4 is 0 Å². The summed E-state index contributed by atoms with van der Waals surface area (Å²) in [7, 11) is 2.85. The number of hydrogen-bond acceptors (Lipinski definition) is 3.